The fourth-order valence-electron chi connectivity index (χ4n) is 3.44. The highest BCUT2D eigenvalue weighted by Gasteiger charge is 2.28. The number of nitrogens with two attached hydrogens (primary N) is 1. The minimum absolute atomic E-state index is 0.307. The Morgan fingerprint density at radius 1 is 0.933 bits per heavy atom. The lowest BCUT2D eigenvalue weighted by atomic mass is 10.1. The van der Waals surface area contributed by atoms with E-state index >= 15 is 0 Å². The Hall–Kier alpha value is -3.65. The first-order valence-electron chi connectivity index (χ1n) is 9.41. The van der Waals surface area contributed by atoms with Crippen LogP contribution < -0.4 is 21.1 Å². The molecule has 0 saturated carbocycles. The van der Waals surface area contributed by atoms with Crippen LogP contribution in [0.15, 0.2) is 54.6 Å². The molecule has 3 aromatic rings. The molecule has 0 saturated heterocycles. The lowest BCUT2D eigenvalue weighted by molar-refractivity contribution is 0.0966. The lowest BCUT2D eigenvalue weighted by Gasteiger charge is -2.12. The minimum Gasteiger partial charge on any atom is -0.457 e. The summed E-state index contributed by atoms with van der Waals surface area (Å²) in [6, 6.07) is 15.1. The van der Waals surface area contributed by atoms with E-state index in [0.717, 1.165) is 29.7 Å². The van der Waals surface area contributed by atoms with Crippen molar-refractivity contribution in [1.82, 2.24) is 5.32 Å². The van der Waals surface area contributed by atoms with Crippen molar-refractivity contribution in [3.8, 4) is 11.5 Å². The van der Waals surface area contributed by atoms with Gasteiger partial charge < -0.3 is 15.8 Å². The first-order chi connectivity index (χ1) is 14.5. The predicted octanol–water partition coefficient (Wildman–Crippen LogP) is 4.09. The van der Waals surface area contributed by atoms with Crippen molar-refractivity contribution in [2.45, 2.75) is 19.3 Å². The topological polar surface area (TPSA) is 111 Å². The number of nitrogens with one attached hydrogen (secondary N) is 2. The zero-order valence-electron chi connectivity index (χ0n) is 15.9. The molecule has 0 aliphatic heterocycles. The van der Waals surface area contributed by atoms with Gasteiger partial charge in [-0.15, -0.1) is 11.3 Å². The van der Waals surface area contributed by atoms with Crippen LogP contribution in [0.5, 0.6) is 11.5 Å². The summed E-state index contributed by atoms with van der Waals surface area (Å²) in [7, 11) is 0. The standard InChI is InChI=1S/C22H19N3O4S/c23-22(28)25-20(27)18-15-10-6-12-17(15)30-21(18)24-19(26)14-9-4-5-11-16(14)29-13-7-2-1-3-8-13/h1-5,7-9,11H,6,10,12H2,(H,24,26)(H3,23,25,27,28). The van der Waals surface area contributed by atoms with Crippen LogP contribution in [0.25, 0.3) is 0 Å². The molecule has 0 radical (unpaired) electrons. The molecule has 1 aromatic heterocycles. The molecule has 0 bridgehead atoms. The number of imide groups is 1. The molecule has 4 N–H and O–H groups in total. The molecule has 0 atom stereocenters. The van der Waals surface area contributed by atoms with E-state index in [-0.39, 0.29) is 0 Å². The van der Waals surface area contributed by atoms with Gasteiger partial charge in [-0.25, -0.2) is 4.79 Å². The van der Waals surface area contributed by atoms with Crippen molar-refractivity contribution in [2.24, 2.45) is 5.73 Å². The monoisotopic (exact) mass is 421 g/mol. The number of anilines is 1. The summed E-state index contributed by atoms with van der Waals surface area (Å²) in [6.07, 6.45) is 2.48. The average molecular weight is 421 g/mol. The minimum atomic E-state index is -0.933. The largest absolute Gasteiger partial charge is 0.457 e. The molecule has 1 aliphatic carbocycles. The number of amides is 4. The number of carbonyl (C=O) groups is 3. The number of para-hydroxylation sites is 2. The Morgan fingerprint density at radius 2 is 1.67 bits per heavy atom. The van der Waals surface area contributed by atoms with Gasteiger partial charge in [0.25, 0.3) is 11.8 Å². The maximum absolute atomic E-state index is 13.0. The number of urea groups is 1. The number of primary amides is 1. The van der Waals surface area contributed by atoms with Crippen LogP contribution >= 0.6 is 11.3 Å². The summed E-state index contributed by atoms with van der Waals surface area (Å²) in [4.78, 5) is 37.8. The van der Waals surface area contributed by atoms with Gasteiger partial charge in [-0.1, -0.05) is 30.3 Å². The molecule has 0 spiro atoms. The molecule has 4 rings (SSSR count). The van der Waals surface area contributed by atoms with Crippen LogP contribution in [0.2, 0.25) is 0 Å². The van der Waals surface area contributed by atoms with Crippen LogP contribution in [0.3, 0.4) is 0 Å². The predicted molar refractivity (Wildman–Crippen MR) is 114 cm³/mol. The molecule has 2 aromatic carbocycles. The van der Waals surface area contributed by atoms with Gasteiger partial charge >= 0.3 is 6.03 Å². The third-order valence-corrected chi connectivity index (χ3v) is 5.92. The van der Waals surface area contributed by atoms with Crippen LogP contribution in [0.1, 0.15) is 37.6 Å². The molecule has 4 amide bonds. The van der Waals surface area contributed by atoms with E-state index in [0.29, 0.717) is 27.6 Å². The fourth-order valence-corrected chi connectivity index (χ4v) is 4.72. The van der Waals surface area contributed by atoms with Gasteiger partial charge in [-0.3, -0.25) is 14.9 Å². The Balaban J connectivity index is 1.63. The first-order valence-corrected chi connectivity index (χ1v) is 10.2. The second-order valence-corrected chi connectivity index (χ2v) is 7.85. The normalized spacial score (nSPS) is 12.1. The number of carbonyl (C=O) groups excluding carboxylic acids is 3. The molecule has 30 heavy (non-hydrogen) atoms. The van der Waals surface area contributed by atoms with Gasteiger partial charge in [0, 0.05) is 4.88 Å². The fraction of sp³-hybridized carbons (Fsp3) is 0.136. The number of aryl methyl sites for hydroxylation is 1. The Bertz CT molecular complexity index is 1120. The second kappa shape index (κ2) is 8.38. The van der Waals surface area contributed by atoms with E-state index in [1.54, 1.807) is 36.4 Å². The second-order valence-electron chi connectivity index (χ2n) is 6.75. The lowest BCUT2D eigenvalue weighted by Crippen LogP contribution is -2.35. The Morgan fingerprint density at radius 3 is 2.43 bits per heavy atom. The van der Waals surface area contributed by atoms with Crippen LogP contribution in [-0.4, -0.2) is 17.8 Å². The molecular weight excluding hydrogens is 402 g/mol. The van der Waals surface area contributed by atoms with E-state index in [1.807, 2.05) is 18.2 Å². The van der Waals surface area contributed by atoms with Crippen LogP contribution in [-0.2, 0) is 12.8 Å². The summed E-state index contributed by atoms with van der Waals surface area (Å²) < 4.78 is 5.86. The number of ether oxygens (including phenoxy) is 1. The summed E-state index contributed by atoms with van der Waals surface area (Å²) in [5, 5.41) is 5.33. The van der Waals surface area contributed by atoms with Crippen molar-refractivity contribution in [1.29, 1.82) is 0 Å². The van der Waals surface area contributed by atoms with Crippen LogP contribution in [0, 0.1) is 0 Å². The Kier molecular flexibility index (Phi) is 5.49. The van der Waals surface area contributed by atoms with Crippen molar-refractivity contribution < 1.29 is 19.1 Å². The third kappa shape index (κ3) is 4.04. The third-order valence-electron chi connectivity index (χ3n) is 4.71. The van der Waals surface area contributed by atoms with E-state index in [9.17, 15) is 14.4 Å². The van der Waals surface area contributed by atoms with E-state index in [4.69, 9.17) is 10.5 Å². The average Bonchev–Trinajstić information content (AvgIpc) is 3.29. The van der Waals surface area contributed by atoms with Gasteiger partial charge in [0.15, 0.2) is 0 Å². The maximum Gasteiger partial charge on any atom is 0.319 e. The number of fused-ring (bicyclic) bond motifs is 1. The molecule has 1 heterocycles. The van der Waals surface area contributed by atoms with Gasteiger partial charge in [0.1, 0.15) is 16.5 Å². The number of rotatable bonds is 5. The van der Waals surface area contributed by atoms with Crippen molar-refractivity contribution in [2.75, 3.05) is 5.32 Å². The zero-order valence-corrected chi connectivity index (χ0v) is 16.8. The van der Waals surface area contributed by atoms with Crippen molar-refractivity contribution in [3.05, 3.63) is 76.2 Å². The van der Waals surface area contributed by atoms with Crippen molar-refractivity contribution in [3.63, 3.8) is 0 Å². The van der Waals surface area contributed by atoms with E-state index in [2.05, 4.69) is 10.6 Å². The van der Waals surface area contributed by atoms with Gasteiger partial charge in [0.05, 0.1) is 11.1 Å². The van der Waals surface area contributed by atoms with E-state index < -0.39 is 17.8 Å². The summed E-state index contributed by atoms with van der Waals surface area (Å²) in [5.74, 6) is -0.0107. The molecule has 1 aliphatic rings. The SMILES string of the molecule is NC(=O)NC(=O)c1c(NC(=O)c2ccccc2Oc2ccccc2)sc2c1CCC2. The molecule has 7 nitrogen and oxygen atoms in total. The summed E-state index contributed by atoms with van der Waals surface area (Å²) in [5.41, 5.74) is 6.61. The molecule has 152 valence electrons. The smallest absolute Gasteiger partial charge is 0.319 e. The van der Waals surface area contributed by atoms with Crippen molar-refractivity contribution >= 4 is 34.2 Å². The molecule has 0 unspecified atom stereocenters. The Labute approximate surface area is 176 Å². The highest BCUT2D eigenvalue weighted by Crippen LogP contribution is 2.39. The van der Waals surface area contributed by atoms with Gasteiger partial charge in [-0.2, -0.15) is 0 Å². The van der Waals surface area contributed by atoms with Gasteiger partial charge in [-0.05, 0) is 49.1 Å². The number of hydrogen-bond donors (Lipinski definition) is 3. The molecule has 8 heteroatoms. The maximum atomic E-state index is 13.0. The number of hydrogen-bond acceptors (Lipinski definition) is 5. The number of thiophene rings is 1. The van der Waals surface area contributed by atoms with Crippen LogP contribution in [0.4, 0.5) is 9.80 Å². The highest BCUT2D eigenvalue weighted by atomic mass is 32.1. The first kappa shape index (κ1) is 19.7. The van der Waals surface area contributed by atoms with E-state index in [1.165, 1.54) is 11.3 Å². The molecule has 0 fully saturated rings. The summed E-state index contributed by atoms with van der Waals surface area (Å²) >= 11 is 1.35. The quantitative estimate of drug-likeness (QED) is 0.576. The van der Waals surface area contributed by atoms with Gasteiger partial charge in [0.2, 0.25) is 0 Å². The zero-order chi connectivity index (χ0) is 21.1. The number of benzene rings is 2. The highest BCUT2D eigenvalue weighted by molar-refractivity contribution is 7.17. The summed E-state index contributed by atoms with van der Waals surface area (Å²) in [6.45, 7) is 0. The molecular formula is C22H19N3O4S.